The summed E-state index contributed by atoms with van der Waals surface area (Å²) >= 11 is 0. The second-order valence-electron chi connectivity index (χ2n) is 5.30. The van der Waals surface area contributed by atoms with Crippen LogP contribution in [0.15, 0.2) is 18.2 Å². The second-order valence-corrected chi connectivity index (χ2v) is 5.30. The van der Waals surface area contributed by atoms with Gasteiger partial charge < -0.3 is 4.74 Å². The Morgan fingerprint density at radius 1 is 1.39 bits per heavy atom. The molecule has 0 aliphatic carbocycles. The second kappa shape index (κ2) is 5.88. The summed E-state index contributed by atoms with van der Waals surface area (Å²) in [5.41, 5.74) is 1.58. The maximum Gasteiger partial charge on any atom is 0.138 e. The first-order chi connectivity index (χ1) is 8.36. The molecule has 0 heterocycles. The number of nitriles is 1. The van der Waals surface area contributed by atoms with Crippen LogP contribution in [-0.4, -0.2) is 18.2 Å². The van der Waals surface area contributed by atoms with E-state index in [0.717, 1.165) is 16.9 Å². The monoisotopic (exact) mass is 246 g/mol. The molecule has 1 atom stereocenters. The van der Waals surface area contributed by atoms with Crippen molar-refractivity contribution in [1.29, 1.82) is 5.26 Å². The van der Waals surface area contributed by atoms with E-state index in [0.29, 0.717) is 6.61 Å². The number of ether oxygens (including phenoxy) is 1. The third-order valence-corrected chi connectivity index (χ3v) is 2.71. The SMILES string of the molecule is Cc1ccc(C)c(OCC(C)(C#N)NC(C)C)c1. The Kier molecular flexibility index (Phi) is 4.75. The van der Waals surface area contributed by atoms with Crippen LogP contribution in [-0.2, 0) is 0 Å². The number of rotatable bonds is 5. The summed E-state index contributed by atoms with van der Waals surface area (Å²) in [5, 5.41) is 12.5. The van der Waals surface area contributed by atoms with Gasteiger partial charge in [0.05, 0.1) is 6.07 Å². The lowest BCUT2D eigenvalue weighted by Gasteiger charge is -2.26. The zero-order valence-corrected chi connectivity index (χ0v) is 11.9. The molecule has 1 N–H and O–H groups in total. The predicted molar refractivity (Wildman–Crippen MR) is 73.7 cm³/mol. The summed E-state index contributed by atoms with van der Waals surface area (Å²) < 4.78 is 5.79. The Labute approximate surface area is 110 Å². The minimum Gasteiger partial charge on any atom is -0.490 e. The van der Waals surface area contributed by atoms with Gasteiger partial charge in [0.25, 0.3) is 0 Å². The Hall–Kier alpha value is -1.53. The van der Waals surface area contributed by atoms with E-state index in [1.807, 2.05) is 46.8 Å². The Bertz CT molecular complexity index is 448. The zero-order chi connectivity index (χ0) is 13.8. The van der Waals surface area contributed by atoms with Crippen molar-refractivity contribution in [1.82, 2.24) is 5.32 Å². The van der Waals surface area contributed by atoms with Gasteiger partial charge in [0.1, 0.15) is 17.9 Å². The number of benzene rings is 1. The molecular weight excluding hydrogens is 224 g/mol. The lowest BCUT2D eigenvalue weighted by atomic mass is 10.0. The lowest BCUT2D eigenvalue weighted by Crippen LogP contribution is -2.49. The van der Waals surface area contributed by atoms with Crippen LogP contribution < -0.4 is 10.1 Å². The van der Waals surface area contributed by atoms with Crippen LogP contribution in [0.25, 0.3) is 0 Å². The predicted octanol–water partition coefficient (Wildman–Crippen LogP) is 2.96. The topological polar surface area (TPSA) is 45.0 Å². The van der Waals surface area contributed by atoms with Gasteiger partial charge in [-0.25, -0.2) is 0 Å². The zero-order valence-electron chi connectivity index (χ0n) is 11.9. The van der Waals surface area contributed by atoms with Crippen LogP contribution in [0.2, 0.25) is 0 Å². The molecule has 18 heavy (non-hydrogen) atoms. The molecule has 0 radical (unpaired) electrons. The largest absolute Gasteiger partial charge is 0.490 e. The average molecular weight is 246 g/mol. The van der Waals surface area contributed by atoms with Crippen molar-refractivity contribution in [2.75, 3.05) is 6.61 Å². The third kappa shape index (κ3) is 4.05. The van der Waals surface area contributed by atoms with Gasteiger partial charge in [-0.2, -0.15) is 5.26 Å². The number of hydrogen-bond donors (Lipinski definition) is 1. The van der Waals surface area contributed by atoms with Crippen LogP contribution in [0.3, 0.4) is 0 Å². The van der Waals surface area contributed by atoms with Crippen molar-refractivity contribution in [3.63, 3.8) is 0 Å². The molecule has 3 heteroatoms. The highest BCUT2D eigenvalue weighted by atomic mass is 16.5. The van der Waals surface area contributed by atoms with E-state index in [9.17, 15) is 5.26 Å². The molecule has 0 aliphatic heterocycles. The molecule has 0 amide bonds. The van der Waals surface area contributed by atoms with Gasteiger partial charge in [0.15, 0.2) is 0 Å². The standard InChI is InChI=1S/C15H22N2O/c1-11(2)17-15(5,9-16)10-18-14-8-12(3)6-7-13(14)4/h6-8,11,17H,10H2,1-5H3. The van der Waals surface area contributed by atoms with Crippen LogP contribution in [0, 0.1) is 25.2 Å². The molecule has 0 spiro atoms. The maximum absolute atomic E-state index is 9.24. The highest BCUT2D eigenvalue weighted by Gasteiger charge is 2.25. The van der Waals surface area contributed by atoms with E-state index in [4.69, 9.17) is 4.74 Å². The lowest BCUT2D eigenvalue weighted by molar-refractivity contribution is 0.224. The molecule has 1 rings (SSSR count). The van der Waals surface area contributed by atoms with Crippen molar-refractivity contribution in [2.45, 2.75) is 46.2 Å². The molecule has 0 bridgehead atoms. The number of aryl methyl sites for hydroxylation is 2. The minimum absolute atomic E-state index is 0.247. The van der Waals surface area contributed by atoms with Gasteiger partial charge in [-0.05, 0) is 51.8 Å². The molecular formula is C15H22N2O. The summed E-state index contributed by atoms with van der Waals surface area (Å²) in [6.45, 7) is 10.3. The van der Waals surface area contributed by atoms with Crippen molar-refractivity contribution >= 4 is 0 Å². The third-order valence-electron chi connectivity index (χ3n) is 2.71. The van der Waals surface area contributed by atoms with Gasteiger partial charge >= 0.3 is 0 Å². The molecule has 1 unspecified atom stereocenters. The summed E-state index contributed by atoms with van der Waals surface area (Å²) in [5.74, 6) is 0.849. The number of nitrogens with zero attached hydrogens (tertiary/aromatic N) is 1. The van der Waals surface area contributed by atoms with Crippen LogP contribution in [0.1, 0.15) is 31.9 Å². The first-order valence-electron chi connectivity index (χ1n) is 6.25. The Morgan fingerprint density at radius 3 is 2.61 bits per heavy atom. The smallest absolute Gasteiger partial charge is 0.138 e. The fraction of sp³-hybridized carbons (Fsp3) is 0.533. The van der Waals surface area contributed by atoms with E-state index in [1.54, 1.807) is 0 Å². The van der Waals surface area contributed by atoms with E-state index >= 15 is 0 Å². The molecule has 3 nitrogen and oxygen atoms in total. The van der Waals surface area contributed by atoms with E-state index in [1.165, 1.54) is 0 Å². The van der Waals surface area contributed by atoms with Crippen molar-refractivity contribution in [2.24, 2.45) is 0 Å². The first-order valence-corrected chi connectivity index (χ1v) is 6.25. The molecule has 0 saturated carbocycles. The normalized spacial score (nSPS) is 14.1. The van der Waals surface area contributed by atoms with E-state index in [2.05, 4.69) is 17.5 Å². The van der Waals surface area contributed by atoms with Gasteiger partial charge in [0.2, 0.25) is 0 Å². The summed E-state index contributed by atoms with van der Waals surface area (Å²) in [7, 11) is 0. The van der Waals surface area contributed by atoms with Crippen molar-refractivity contribution < 1.29 is 4.74 Å². The van der Waals surface area contributed by atoms with Gasteiger partial charge in [-0.15, -0.1) is 0 Å². The summed E-state index contributed by atoms with van der Waals surface area (Å²) in [4.78, 5) is 0. The van der Waals surface area contributed by atoms with Crippen molar-refractivity contribution in [3.05, 3.63) is 29.3 Å². The van der Waals surface area contributed by atoms with Gasteiger partial charge in [0, 0.05) is 6.04 Å². The van der Waals surface area contributed by atoms with Crippen molar-refractivity contribution in [3.8, 4) is 11.8 Å². The first kappa shape index (κ1) is 14.5. The van der Waals surface area contributed by atoms with Crippen LogP contribution in [0.5, 0.6) is 5.75 Å². The molecule has 98 valence electrons. The number of hydrogen-bond acceptors (Lipinski definition) is 3. The highest BCUT2D eigenvalue weighted by Crippen LogP contribution is 2.20. The fourth-order valence-electron chi connectivity index (χ4n) is 1.83. The molecule has 0 aliphatic rings. The maximum atomic E-state index is 9.24. The number of nitrogens with one attached hydrogen (secondary N) is 1. The van der Waals surface area contributed by atoms with E-state index in [-0.39, 0.29) is 6.04 Å². The molecule has 1 aromatic rings. The van der Waals surface area contributed by atoms with Gasteiger partial charge in [-0.3, -0.25) is 5.32 Å². The van der Waals surface area contributed by atoms with E-state index < -0.39 is 5.54 Å². The molecule has 0 aromatic heterocycles. The summed E-state index contributed by atoms with van der Waals surface area (Å²) in [6, 6.07) is 8.61. The Balaban J connectivity index is 2.74. The molecule has 1 aromatic carbocycles. The quantitative estimate of drug-likeness (QED) is 0.868. The fourth-order valence-corrected chi connectivity index (χ4v) is 1.83. The van der Waals surface area contributed by atoms with Gasteiger partial charge in [-0.1, -0.05) is 12.1 Å². The van der Waals surface area contributed by atoms with Crippen LogP contribution >= 0.6 is 0 Å². The van der Waals surface area contributed by atoms with Crippen LogP contribution in [0.4, 0.5) is 0 Å². The highest BCUT2D eigenvalue weighted by molar-refractivity contribution is 5.36. The molecule has 0 fully saturated rings. The average Bonchev–Trinajstić information content (AvgIpc) is 2.29. The summed E-state index contributed by atoms with van der Waals surface area (Å²) in [6.07, 6.45) is 0. The Morgan fingerprint density at radius 2 is 2.06 bits per heavy atom. The minimum atomic E-state index is -0.662. The molecule has 0 saturated heterocycles.